The van der Waals surface area contributed by atoms with E-state index in [1.807, 2.05) is 0 Å². The minimum absolute atomic E-state index is 0.0211. The Morgan fingerprint density at radius 1 is 1.27 bits per heavy atom. The summed E-state index contributed by atoms with van der Waals surface area (Å²) in [5.41, 5.74) is 0.333. The smallest absolute Gasteiger partial charge is 0.261 e. The van der Waals surface area contributed by atoms with Crippen LogP contribution in [0.25, 0.3) is 11.4 Å². The van der Waals surface area contributed by atoms with E-state index < -0.39 is 5.56 Å². The van der Waals surface area contributed by atoms with E-state index in [4.69, 9.17) is 0 Å². The van der Waals surface area contributed by atoms with Crippen LogP contribution >= 0.6 is 0 Å². The Labute approximate surface area is 84.8 Å². The molecular weight excluding hydrogens is 194 g/mol. The molecule has 2 aromatic heterocycles. The first-order chi connectivity index (χ1) is 7.31. The first-order valence-corrected chi connectivity index (χ1v) is 4.26. The number of pyridine rings is 1. The largest absolute Gasteiger partial charge is 0.306 e. The fourth-order valence-corrected chi connectivity index (χ4v) is 1.15. The molecule has 0 saturated carbocycles. The number of nitrogens with one attached hydrogen (secondary N) is 1. The van der Waals surface area contributed by atoms with Gasteiger partial charge in [-0.15, -0.1) is 0 Å². The molecule has 2 heterocycles. The van der Waals surface area contributed by atoms with Crippen molar-refractivity contribution in [2.24, 2.45) is 0 Å². The van der Waals surface area contributed by atoms with Gasteiger partial charge in [-0.25, -0.2) is 4.98 Å². The van der Waals surface area contributed by atoms with E-state index in [0.29, 0.717) is 12.1 Å². The van der Waals surface area contributed by atoms with Crippen LogP contribution in [0.2, 0.25) is 0 Å². The highest BCUT2D eigenvalue weighted by Gasteiger charge is 2.02. The summed E-state index contributed by atoms with van der Waals surface area (Å²) in [7, 11) is 0. The van der Waals surface area contributed by atoms with Crippen LogP contribution in [0.4, 0.5) is 0 Å². The van der Waals surface area contributed by atoms with E-state index in [1.54, 1.807) is 24.5 Å². The third-order valence-corrected chi connectivity index (χ3v) is 1.91. The molecule has 0 unspecified atom stereocenters. The second kappa shape index (κ2) is 3.83. The van der Waals surface area contributed by atoms with Gasteiger partial charge in [0.05, 0.1) is 5.56 Å². The Balaban J connectivity index is 2.52. The molecule has 0 saturated heterocycles. The van der Waals surface area contributed by atoms with Gasteiger partial charge in [-0.3, -0.25) is 14.6 Å². The summed E-state index contributed by atoms with van der Waals surface area (Å²) in [5, 5.41) is 0. The van der Waals surface area contributed by atoms with Crippen LogP contribution in [-0.2, 0) is 0 Å². The van der Waals surface area contributed by atoms with Gasteiger partial charge in [0.15, 0.2) is 6.29 Å². The molecule has 0 aliphatic carbocycles. The lowest BCUT2D eigenvalue weighted by molar-refractivity contribution is 0.112. The van der Waals surface area contributed by atoms with E-state index in [-0.39, 0.29) is 5.56 Å². The van der Waals surface area contributed by atoms with Gasteiger partial charge in [0, 0.05) is 24.2 Å². The Bertz CT molecular complexity index is 534. The van der Waals surface area contributed by atoms with Crippen LogP contribution in [0, 0.1) is 0 Å². The lowest BCUT2D eigenvalue weighted by Crippen LogP contribution is -2.13. The van der Waals surface area contributed by atoms with Crippen LogP contribution in [-0.4, -0.2) is 21.2 Å². The highest BCUT2D eigenvalue weighted by Crippen LogP contribution is 2.09. The number of hydrogen-bond acceptors (Lipinski definition) is 4. The minimum Gasteiger partial charge on any atom is -0.306 e. The third kappa shape index (κ3) is 1.80. The van der Waals surface area contributed by atoms with Crippen LogP contribution in [0.3, 0.4) is 0 Å². The molecule has 0 amide bonds. The fraction of sp³-hybridized carbons (Fsp3) is 0. The zero-order valence-electron chi connectivity index (χ0n) is 7.68. The number of H-pyrrole nitrogens is 1. The van der Waals surface area contributed by atoms with Crippen molar-refractivity contribution in [2.75, 3.05) is 0 Å². The second-order valence-corrected chi connectivity index (χ2v) is 2.87. The van der Waals surface area contributed by atoms with Gasteiger partial charge in [-0.1, -0.05) is 0 Å². The molecule has 5 nitrogen and oxygen atoms in total. The molecule has 0 aliphatic rings. The van der Waals surface area contributed by atoms with Gasteiger partial charge in [-0.2, -0.15) is 0 Å². The summed E-state index contributed by atoms with van der Waals surface area (Å²) in [6, 6.07) is 3.44. The minimum atomic E-state index is -0.438. The molecular formula is C10H7N3O2. The number of hydrogen-bond donors (Lipinski definition) is 1. The van der Waals surface area contributed by atoms with Crippen molar-refractivity contribution < 1.29 is 4.79 Å². The maximum absolute atomic E-state index is 11.3. The molecule has 0 aromatic carbocycles. The SMILES string of the molecule is O=Cc1cnc(-c2ccncc2)[nH]c1=O. The zero-order chi connectivity index (χ0) is 10.7. The summed E-state index contributed by atoms with van der Waals surface area (Å²) >= 11 is 0. The predicted molar refractivity (Wildman–Crippen MR) is 53.5 cm³/mol. The molecule has 1 N–H and O–H groups in total. The molecule has 0 atom stereocenters. The van der Waals surface area contributed by atoms with Crippen molar-refractivity contribution in [3.8, 4) is 11.4 Å². The summed E-state index contributed by atoms with van der Waals surface area (Å²) in [6.07, 6.45) is 4.93. The van der Waals surface area contributed by atoms with Crippen molar-refractivity contribution in [1.82, 2.24) is 15.0 Å². The third-order valence-electron chi connectivity index (χ3n) is 1.91. The van der Waals surface area contributed by atoms with Crippen LogP contribution < -0.4 is 5.56 Å². The Hall–Kier alpha value is -2.30. The van der Waals surface area contributed by atoms with Gasteiger partial charge in [0.2, 0.25) is 0 Å². The van der Waals surface area contributed by atoms with Gasteiger partial charge in [0.1, 0.15) is 5.82 Å². The molecule has 0 spiro atoms. The van der Waals surface area contributed by atoms with E-state index in [2.05, 4.69) is 15.0 Å². The lowest BCUT2D eigenvalue weighted by Gasteiger charge is -1.99. The van der Waals surface area contributed by atoms with Gasteiger partial charge < -0.3 is 4.98 Å². The van der Waals surface area contributed by atoms with Gasteiger partial charge in [-0.05, 0) is 12.1 Å². The Kier molecular flexibility index (Phi) is 2.37. The van der Waals surface area contributed by atoms with E-state index in [0.717, 1.165) is 5.56 Å². The molecule has 0 bridgehead atoms. The average Bonchev–Trinajstić information content (AvgIpc) is 2.30. The highest BCUT2D eigenvalue weighted by molar-refractivity contribution is 5.73. The van der Waals surface area contributed by atoms with Crippen molar-refractivity contribution >= 4 is 6.29 Å². The molecule has 74 valence electrons. The summed E-state index contributed by atoms with van der Waals surface area (Å²) in [5.74, 6) is 0.424. The maximum Gasteiger partial charge on any atom is 0.261 e. The van der Waals surface area contributed by atoms with Crippen molar-refractivity contribution in [2.45, 2.75) is 0 Å². The maximum atomic E-state index is 11.3. The molecule has 2 aromatic rings. The average molecular weight is 201 g/mol. The molecule has 15 heavy (non-hydrogen) atoms. The van der Waals surface area contributed by atoms with Crippen LogP contribution in [0.1, 0.15) is 10.4 Å². The van der Waals surface area contributed by atoms with Crippen molar-refractivity contribution in [3.05, 3.63) is 46.6 Å². The van der Waals surface area contributed by atoms with Gasteiger partial charge in [0.25, 0.3) is 5.56 Å². The first kappa shape index (κ1) is 9.26. The molecule has 0 radical (unpaired) electrons. The number of carbonyl (C=O) groups excluding carboxylic acids is 1. The predicted octanol–water partition coefficient (Wildman–Crippen LogP) is 0.644. The van der Waals surface area contributed by atoms with Crippen LogP contribution in [0.15, 0.2) is 35.5 Å². The first-order valence-electron chi connectivity index (χ1n) is 4.26. The van der Waals surface area contributed by atoms with E-state index in [1.165, 1.54) is 6.20 Å². The number of rotatable bonds is 2. The highest BCUT2D eigenvalue weighted by atomic mass is 16.1. The number of carbonyl (C=O) groups is 1. The number of aromatic nitrogens is 3. The zero-order valence-corrected chi connectivity index (χ0v) is 7.68. The van der Waals surface area contributed by atoms with Gasteiger partial charge >= 0.3 is 0 Å². The molecule has 0 fully saturated rings. The monoisotopic (exact) mass is 201 g/mol. The van der Waals surface area contributed by atoms with Crippen molar-refractivity contribution in [3.63, 3.8) is 0 Å². The summed E-state index contributed by atoms with van der Waals surface area (Å²) < 4.78 is 0. The molecule has 0 aliphatic heterocycles. The molecule has 5 heteroatoms. The van der Waals surface area contributed by atoms with Crippen molar-refractivity contribution in [1.29, 1.82) is 0 Å². The Morgan fingerprint density at radius 2 is 2.00 bits per heavy atom. The topological polar surface area (TPSA) is 75.7 Å². The number of aldehydes is 1. The number of aromatic amines is 1. The standard InChI is InChI=1S/C10H7N3O2/c14-6-8-5-12-9(13-10(8)15)7-1-3-11-4-2-7/h1-6H,(H,12,13,15). The molecule has 2 rings (SSSR count). The summed E-state index contributed by atoms with van der Waals surface area (Å²) in [4.78, 5) is 32.0. The quantitative estimate of drug-likeness (QED) is 0.723. The number of nitrogens with zero attached hydrogens (tertiary/aromatic N) is 2. The fourth-order valence-electron chi connectivity index (χ4n) is 1.15. The van der Waals surface area contributed by atoms with E-state index >= 15 is 0 Å². The normalized spacial score (nSPS) is 9.87. The Morgan fingerprint density at radius 3 is 2.60 bits per heavy atom. The van der Waals surface area contributed by atoms with Crippen LogP contribution in [0.5, 0.6) is 0 Å². The second-order valence-electron chi connectivity index (χ2n) is 2.87. The summed E-state index contributed by atoms with van der Waals surface area (Å²) in [6.45, 7) is 0. The van der Waals surface area contributed by atoms with E-state index in [9.17, 15) is 9.59 Å². The lowest BCUT2D eigenvalue weighted by atomic mass is 10.2.